The monoisotopic (exact) mass is 247 g/mol. The van der Waals surface area contributed by atoms with Crippen molar-refractivity contribution in [2.24, 2.45) is 0 Å². The zero-order chi connectivity index (χ0) is 12.2. The van der Waals surface area contributed by atoms with Gasteiger partial charge in [-0.25, -0.2) is 0 Å². The number of ether oxygens (including phenoxy) is 1. The molecule has 2 fully saturated rings. The lowest BCUT2D eigenvalue weighted by Gasteiger charge is -2.32. The van der Waals surface area contributed by atoms with Crippen LogP contribution in [0.25, 0.3) is 0 Å². The van der Waals surface area contributed by atoms with Crippen LogP contribution in [0.3, 0.4) is 0 Å². The van der Waals surface area contributed by atoms with Crippen molar-refractivity contribution in [3.8, 4) is 0 Å². The molecule has 0 saturated carbocycles. The second-order valence-corrected chi connectivity index (χ2v) is 5.21. The molecule has 4 heteroatoms. The molecule has 0 aromatic carbocycles. The Morgan fingerprint density at radius 3 is 2.83 bits per heavy atom. The Morgan fingerprint density at radius 2 is 2.11 bits per heavy atom. The van der Waals surface area contributed by atoms with Crippen molar-refractivity contribution in [2.75, 3.05) is 26.2 Å². The van der Waals surface area contributed by atoms with Crippen LogP contribution in [0.15, 0.2) is 24.4 Å². The number of aromatic nitrogens is 1. The van der Waals surface area contributed by atoms with Crippen molar-refractivity contribution < 1.29 is 4.74 Å². The van der Waals surface area contributed by atoms with E-state index in [-0.39, 0.29) is 0 Å². The van der Waals surface area contributed by atoms with E-state index in [1.807, 2.05) is 18.3 Å². The zero-order valence-corrected chi connectivity index (χ0v) is 10.7. The molecule has 0 aliphatic carbocycles. The summed E-state index contributed by atoms with van der Waals surface area (Å²) < 4.78 is 5.83. The number of likely N-dealkylation sites (tertiary alicyclic amines) is 1. The zero-order valence-electron chi connectivity index (χ0n) is 10.7. The molecule has 18 heavy (non-hydrogen) atoms. The van der Waals surface area contributed by atoms with E-state index in [0.717, 1.165) is 38.4 Å². The lowest BCUT2D eigenvalue weighted by molar-refractivity contribution is -0.0376. The first-order valence-electron chi connectivity index (χ1n) is 6.88. The van der Waals surface area contributed by atoms with Crippen LogP contribution in [0, 0.1) is 0 Å². The highest BCUT2D eigenvalue weighted by Gasteiger charge is 2.33. The smallest absolute Gasteiger partial charge is 0.0707 e. The fourth-order valence-corrected chi connectivity index (χ4v) is 2.84. The molecule has 1 aromatic heterocycles. The summed E-state index contributed by atoms with van der Waals surface area (Å²) >= 11 is 0. The quantitative estimate of drug-likeness (QED) is 0.789. The van der Waals surface area contributed by atoms with Crippen LogP contribution in [0.5, 0.6) is 0 Å². The highest BCUT2D eigenvalue weighted by atomic mass is 16.5. The Kier molecular flexibility index (Phi) is 3.88. The van der Waals surface area contributed by atoms with Gasteiger partial charge in [-0.2, -0.15) is 0 Å². The highest BCUT2D eigenvalue weighted by Crippen LogP contribution is 2.25. The second kappa shape index (κ2) is 5.78. The van der Waals surface area contributed by atoms with Gasteiger partial charge in [-0.3, -0.25) is 9.88 Å². The van der Waals surface area contributed by atoms with Crippen molar-refractivity contribution in [3.05, 3.63) is 30.1 Å². The van der Waals surface area contributed by atoms with Gasteiger partial charge in [0, 0.05) is 38.9 Å². The Bertz CT molecular complexity index is 359. The lowest BCUT2D eigenvalue weighted by Crippen LogP contribution is -2.45. The van der Waals surface area contributed by atoms with Crippen LogP contribution < -0.4 is 5.32 Å². The number of rotatable bonds is 5. The summed E-state index contributed by atoms with van der Waals surface area (Å²) in [5.74, 6) is 0. The van der Waals surface area contributed by atoms with Gasteiger partial charge in [0.05, 0.1) is 17.9 Å². The Hall–Kier alpha value is -0.970. The SMILES string of the molecule is c1ccc(CNCCN2CC3CCC(C2)O3)nc1. The lowest BCUT2D eigenvalue weighted by atomic mass is 10.2. The number of hydrogen-bond acceptors (Lipinski definition) is 4. The van der Waals surface area contributed by atoms with Gasteiger partial charge in [-0.05, 0) is 25.0 Å². The number of hydrogen-bond donors (Lipinski definition) is 1. The van der Waals surface area contributed by atoms with Gasteiger partial charge < -0.3 is 10.1 Å². The van der Waals surface area contributed by atoms with E-state index in [1.54, 1.807) is 0 Å². The van der Waals surface area contributed by atoms with Gasteiger partial charge in [-0.1, -0.05) is 6.07 Å². The Balaban J connectivity index is 1.35. The second-order valence-electron chi connectivity index (χ2n) is 5.21. The maximum Gasteiger partial charge on any atom is 0.0707 e. The minimum atomic E-state index is 0.500. The topological polar surface area (TPSA) is 37.4 Å². The molecular formula is C14H21N3O. The number of morpholine rings is 1. The Labute approximate surface area is 108 Å². The minimum Gasteiger partial charge on any atom is -0.372 e. The maximum atomic E-state index is 5.83. The molecule has 2 aliphatic heterocycles. The van der Waals surface area contributed by atoms with Crippen LogP contribution >= 0.6 is 0 Å². The standard InChI is InChI=1S/C14H21N3O/c1-2-6-16-12(3-1)9-15-7-8-17-10-13-4-5-14(11-17)18-13/h1-3,6,13-15H,4-5,7-11H2. The molecule has 2 unspecified atom stereocenters. The van der Waals surface area contributed by atoms with Gasteiger partial charge in [-0.15, -0.1) is 0 Å². The molecular weight excluding hydrogens is 226 g/mol. The largest absolute Gasteiger partial charge is 0.372 e. The average Bonchev–Trinajstić information content (AvgIpc) is 2.75. The average molecular weight is 247 g/mol. The van der Waals surface area contributed by atoms with Crippen molar-refractivity contribution >= 4 is 0 Å². The molecule has 0 radical (unpaired) electrons. The van der Waals surface area contributed by atoms with E-state index < -0.39 is 0 Å². The van der Waals surface area contributed by atoms with E-state index in [0.29, 0.717) is 12.2 Å². The molecule has 3 rings (SSSR count). The molecule has 2 aliphatic rings. The highest BCUT2D eigenvalue weighted by molar-refractivity contribution is 5.02. The molecule has 4 nitrogen and oxygen atoms in total. The summed E-state index contributed by atoms with van der Waals surface area (Å²) in [7, 11) is 0. The number of fused-ring (bicyclic) bond motifs is 2. The number of nitrogens with one attached hydrogen (secondary N) is 1. The van der Waals surface area contributed by atoms with Gasteiger partial charge >= 0.3 is 0 Å². The summed E-state index contributed by atoms with van der Waals surface area (Å²) in [5, 5.41) is 3.45. The van der Waals surface area contributed by atoms with E-state index in [2.05, 4.69) is 21.3 Å². The molecule has 1 N–H and O–H groups in total. The fraction of sp³-hybridized carbons (Fsp3) is 0.643. The molecule has 0 amide bonds. The van der Waals surface area contributed by atoms with Crippen LogP contribution in [0.4, 0.5) is 0 Å². The number of pyridine rings is 1. The van der Waals surface area contributed by atoms with E-state index in [9.17, 15) is 0 Å². The van der Waals surface area contributed by atoms with Crippen LogP contribution in [-0.4, -0.2) is 48.3 Å². The Morgan fingerprint density at radius 1 is 1.28 bits per heavy atom. The molecule has 0 spiro atoms. The maximum absolute atomic E-state index is 5.83. The molecule has 2 atom stereocenters. The van der Waals surface area contributed by atoms with Crippen molar-refractivity contribution in [3.63, 3.8) is 0 Å². The van der Waals surface area contributed by atoms with Crippen LogP contribution in [0.2, 0.25) is 0 Å². The third-order valence-corrected chi connectivity index (χ3v) is 3.76. The first-order chi connectivity index (χ1) is 8.90. The van der Waals surface area contributed by atoms with Crippen molar-refractivity contribution in [1.29, 1.82) is 0 Å². The van der Waals surface area contributed by atoms with Gasteiger partial charge in [0.15, 0.2) is 0 Å². The number of nitrogens with zero attached hydrogens (tertiary/aromatic N) is 2. The third-order valence-electron chi connectivity index (χ3n) is 3.76. The van der Waals surface area contributed by atoms with E-state index >= 15 is 0 Å². The summed E-state index contributed by atoms with van der Waals surface area (Å²) in [4.78, 5) is 6.83. The summed E-state index contributed by atoms with van der Waals surface area (Å²) in [6.07, 6.45) is 5.35. The summed E-state index contributed by atoms with van der Waals surface area (Å²) in [6, 6.07) is 6.04. The van der Waals surface area contributed by atoms with Gasteiger partial charge in [0.1, 0.15) is 0 Å². The van der Waals surface area contributed by atoms with Crippen molar-refractivity contribution in [2.45, 2.75) is 31.6 Å². The summed E-state index contributed by atoms with van der Waals surface area (Å²) in [6.45, 7) is 5.22. The van der Waals surface area contributed by atoms with Crippen LogP contribution in [-0.2, 0) is 11.3 Å². The fourth-order valence-electron chi connectivity index (χ4n) is 2.84. The van der Waals surface area contributed by atoms with Crippen LogP contribution in [0.1, 0.15) is 18.5 Å². The molecule has 2 saturated heterocycles. The summed E-state index contributed by atoms with van der Waals surface area (Å²) in [5.41, 5.74) is 1.11. The van der Waals surface area contributed by atoms with Crippen molar-refractivity contribution in [1.82, 2.24) is 15.2 Å². The first-order valence-corrected chi connectivity index (χ1v) is 6.88. The van der Waals surface area contributed by atoms with E-state index in [1.165, 1.54) is 12.8 Å². The molecule has 2 bridgehead atoms. The molecule has 3 heterocycles. The van der Waals surface area contributed by atoms with E-state index in [4.69, 9.17) is 4.74 Å². The minimum absolute atomic E-state index is 0.500. The first kappa shape index (κ1) is 12.1. The normalized spacial score (nSPS) is 27.6. The third kappa shape index (κ3) is 3.07. The molecule has 98 valence electrons. The molecule has 1 aromatic rings. The predicted octanol–water partition coefficient (Wildman–Crippen LogP) is 1.03. The van der Waals surface area contributed by atoms with Gasteiger partial charge in [0.25, 0.3) is 0 Å². The predicted molar refractivity (Wildman–Crippen MR) is 70.3 cm³/mol. The van der Waals surface area contributed by atoms with Gasteiger partial charge in [0.2, 0.25) is 0 Å².